The summed E-state index contributed by atoms with van der Waals surface area (Å²) >= 11 is 1.90. The minimum atomic E-state index is -0.782. The third-order valence-electron chi connectivity index (χ3n) is 2.83. The van der Waals surface area contributed by atoms with E-state index in [0.717, 1.165) is 5.56 Å². The largest absolute Gasteiger partial charge is 0.459 e. The Morgan fingerprint density at radius 1 is 1.09 bits per heavy atom. The van der Waals surface area contributed by atoms with Gasteiger partial charge in [0, 0.05) is 0 Å². The van der Waals surface area contributed by atoms with E-state index in [4.69, 9.17) is 4.74 Å². The Balaban J connectivity index is 2.40. The monoisotopic (exact) mass is 418 g/mol. The van der Waals surface area contributed by atoms with E-state index >= 15 is 0 Å². The Hall–Kier alpha value is -1.64. The molecule has 1 rings (SSSR count). The second-order valence-corrected chi connectivity index (χ2v) is 5.51. The van der Waals surface area contributed by atoms with E-state index in [1.807, 2.05) is 52.9 Å². The number of benzene rings is 1. The highest BCUT2D eigenvalue weighted by Gasteiger charge is 2.21. The SMILES string of the molecule is C[C@@H](NC(=O)CI)C(=O)N[C@H](C)C(=O)OCc1ccccc1. The standard InChI is InChI=1S/C15H19IN2O4/c1-10(17-13(19)8-16)14(20)18-11(2)15(21)22-9-12-6-4-3-5-7-12/h3-7,10-11H,8-9H2,1-2H3,(H,17,19)(H,18,20)/t10-,11-/m1/s1. The van der Waals surface area contributed by atoms with Gasteiger partial charge in [-0.25, -0.2) is 4.79 Å². The summed E-state index contributed by atoms with van der Waals surface area (Å²) < 4.78 is 5.40. The van der Waals surface area contributed by atoms with Crippen molar-refractivity contribution in [1.29, 1.82) is 0 Å². The molecule has 120 valence electrons. The molecule has 0 fully saturated rings. The lowest BCUT2D eigenvalue weighted by molar-refractivity contribution is -0.148. The zero-order valence-electron chi connectivity index (χ0n) is 12.5. The van der Waals surface area contributed by atoms with E-state index in [1.54, 1.807) is 6.92 Å². The summed E-state index contributed by atoms with van der Waals surface area (Å²) in [5.74, 6) is -1.19. The van der Waals surface area contributed by atoms with Gasteiger partial charge in [-0.3, -0.25) is 9.59 Å². The molecule has 0 bridgehead atoms. The molecule has 0 saturated heterocycles. The molecule has 1 aromatic carbocycles. The minimum Gasteiger partial charge on any atom is -0.459 e. The summed E-state index contributed by atoms with van der Waals surface area (Å²) in [7, 11) is 0. The van der Waals surface area contributed by atoms with Crippen LogP contribution in [0.15, 0.2) is 30.3 Å². The van der Waals surface area contributed by atoms with E-state index in [9.17, 15) is 14.4 Å². The summed E-state index contributed by atoms with van der Waals surface area (Å²) in [5.41, 5.74) is 0.872. The topological polar surface area (TPSA) is 84.5 Å². The average molecular weight is 418 g/mol. The van der Waals surface area contributed by atoms with Crippen molar-refractivity contribution in [2.45, 2.75) is 32.5 Å². The first kappa shape index (κ1) is 18.4. The Bertz CT molecular complexity index is 522. The predicted octanol–water partition coefficient (Wildman–Crippen LogP) is 1.17. The van der Waals surface area contributed by atoms with Gasteiger partial charge >= 0.3 is 5.97 Å². The van der Waals surface area contributed by atoms with Crippen molar-refractivity contribution in [2.24, 2.45) is 0 Å². The number of alkyl halides is 1. The maximum absolute atomic E-state index is 11.8. The van der Waals surface area contributed by atoms with Crippen molar-refractivity contribution in [2.75, 3.05) is 4.43 Å². The number of halogens is 1. The van der Waals surface area contributed by atoms with Crippen molar-refractivity contribution in [3.8, 4) is 0 Å². The lowest BCUT2D eigenvalue weighted by Gasteiger charge is -2.17. The number of nitrogens with one attached hydrogen (secondary N) is 2. The number of carbonyl (C=O) groups is 3. The maximum atomic E-state index is 11.8. The summed E-state index contributed by atoms with van der Waals surface area (Å²) in [6, 6.07) is 7.79. The molecule has 2 atom stereocenters. The van der Waals surface area contributed by atoms with Gasteiger partial charge in [-0.15, -0.1) is 0 Å². The molecular formula is C15H19IN2O4. The van der Waals surface area contributed by atoms with Gasteiger partial charge in [0.05, 0.1) is 4.43 Å². The first-order chi connectivity index (χ1) is 10.4. The third kappa shape index (κ3) is 6.42. The van der Waals surface area contributed by atoms with E-state index < -0.39 is 24.0 Å². The number of hydrogen-bond donors (Lipinski definition) is 2. The predicted molar refractivity (Wildman–Crippen MR) is 90.3 cm³/mol. The highest BCUT2D eigenvalue weighted by atomic mass is 127. The van der Waals surface area contributed by atoms with Crippen LogP contribution in [0.2, 0.25) is 0 Å². The van der Waals surface area contributed by atoms with Crippen LogP contribution in [-0.4, -0.2) is 34.3 Å². The van der Waals surface area contributed by atoms with Gasteiger partial charge in [0.2, 0.25) is 11.8 Å². The number of hydrogen-bond acceptors (Lipinski definition) is 4. The molecule has 1 aromatic rings. The van der Waals surface area contributed by atoms with Gasteiger partial charge in [-0.2, -0.15) is 0 Å². The van der Waals surface area contributed by atoms with Crippen LogP contribution >= 0.6 is 22.6 Å². The lowest BCUT2D eigenvalue weighted by atomic mass is 10.2. The number of amides is 2. The van der Waals surface area contributed by atoms with Crippen molar-refractivity contribution in [3.05, 3.63) is 35.9 Å². The van der Waals surface area contributed by atoms with E-state index in [1.165, 1.54) is 6.92 Å². The van der Waals surface area contributed by atoms with E-state index in [2.05, 4.69) is 10.6 Å². The molecule has 0 radical (unpaired) electrons. The van der Waals surface area contributed by atoms with Crippen LogP contribution in [0.1, 0.15) is 19.4 Å². The van der Waals surface area contributed by atoms with Crippen LogP contribution in [0.3, 0.4) is 0 Å². The minimum absolute atomic E-state index is 0.154. The van der Waals surface area contributed by atoms with Gasteiger partial charge in [0.1, 0.15) is 18.7 Å². The van der Waals surface area contributed by atoms with Gasteiger partial charge in [-0.05, 0) is 19.4 Å². The molecule has 6 nitrogen and oxygen atoms in total. The molecule has 2 amide bonds. The second kappa shape index (κ2) is 9.39. The smallest absolute Gasteiger partial charge is 0.328 e. The van der Waals surface area contributed by atoms with Crippen molar-refractivity contribution in [1.82, 2.24) is 10.6 Å². The normalized spacial score (nSPS) is 12.9. The zero-order chi connectivity index (χ0) is 16.5. The Morgan fingerprint density at radius 3 is 2.32 bits per heavy atom. The van der Waals surface area contributed by atoms with Crippen LogP contribution in [0, 0.1) is 0 Å². The summed E-state index contributed by atoms with van der Waals surface area (Å²) in [6.45, 7) is 3.25. The molecule has 2 N–H and O–H groups in total. The fraction of sp³-hybridized carbons (Fsp3) is 0.400. The fourth-order valence-corrected chi connectivity index (χ4v) is 1.82. The third-order valence-corrected chi connectivity index (χ3v) is 3.52. The van der Waals surface area contributed by atoms with E-state index in [-0.39, 0.29) is 16.9 Å². The summed E-state index contributed by atoms with van der Waals surface area (Å²) in [5, 5.41) is 5.04. The quantitative estimate of drug-likeness (QED) is 0.396. The number of rotatable bonds is 7. The number of ether oxygens (including phenoxy) is 1. The molecule has 0 aliphatic heterocycles. The molecule has 0 spiro atoms. The number of carbonyl (C=O) groups excluding carboxylic acids is 3. The highest BCUT2D eigenvalue weighted by molar-refractivity contribution is 14.1. The molecule has 0 saturated carbocycles. The van der Waals surface area contributed by atoms with E-state index in [0.29, 0.717) is 0 Å². The molecule has 0 aromatic heterocycles. The molecule has 0 unspecified atom stereocenters. The molecule has 0 aliphatic carbocycles. The maximum Gasteiger partial charge on any atom is 0.328 e. The van der Waals surface area contributed by atoms with Crippen LogP contribution in [0.25, 0.3) is 0 Å². The van der Waals surface area contributed by atoms with Gasteiger partial charge in [-0.1, -0.05) is 52.9 Å². The number of esters is 1. The average Bonchev–Trinajstić information content (AvgIpc) is 2.53. The first-order valence-electron chi connectivity index (χ1n) is 6.80. The molecule has 22 heavy (non-hydrogen) atoms. The second-order valence-electron chi connectivity index (χ2n) is 4.75. The van der Waals surface area contributed by atoms with Crippen LogP contribution in [-0.2, 0) is 25.7 Å². The zero-order valence-corrected chi connectivity index (χ0v) is 14.6. The fourth-order valence-electron chi connectivity index (χ4n) is 1.60. The Labute approximate surface area is 143 Å². The molecular weight excluding hydrogens is 399 g/mol. The highest BCUT2D eigenvalue weighted by Crippen LogP contribution is 2.02. The first-order valence-corrected chi connectivity index (χ1v) is 8.33. The van der Waals surface area contributed by atoms with Crippen molar-refractivity contribution < 1.29 is 19.1 Å². The van der Waals surface area contributed by atoms with Crippen molar-refractivity contribution >= 4 is 40.4 Å². The van der Waals surface area contributed by atoms with Crippen LogP contribution < -0.4 is 10.6 Å². The van der Waals surface area contributed by atoms with Gasteiger partial charge in [0.25, 0.3) is 0 Å². The van der Waals surface area contributed by atoms with Crippen molar-refractivity contribution in [3.63, 3.8) is 0 Å². The summed E-state index contributed by atoms with van der Waals surface area (Å²) in [4.78, 5) is 34.9. The Kier molecular flexibility index (Phi) is 7.86. The molecule has 0 heterocycles. The lowest BCUT2D eigenvalue weighted by Crippen LogP contribution is -2.49. The molecule has 0 aliphatic rings. The van der Waals surface area contributed by atoms with Crippen LogP contribution in [0.4, 0.5) is 0 Å². The van der Waals surface area contributed by atoms with Crippen LogP contribution in [0.5, 0.6) is 0 Å². The Morgan fingerprint density at radius 2 is 1.73 bits per heavy atom. The molecule has 7 heteroatoms. The van der Waals surface area contributed by atoms with Gasteiger partial charge < -0.3 is 15.4 Å². The summed E-state index contributed by atoms with van der Waals surface area (Å²) in [6.07, 6.45) is 0. The van der Waals surface area contributed by atoms with Gasteiger partial charge in [0.15, 0.2) is 0 Å².